The van der Waals surface area contributed by atoms with E-state index >= 15 is 0 Å². The smallest absolute Gasteiger partial charge is 0.0622 e. The Labute approximate surface area is 125 Å². The van der Waals surface area contributed by atoms with Crippen LogP contribution in [0.5, 0.6) is 0 Å². The van der Waals surface area contributed by atoms with Gasteiger partial charge < -0.3 is 5.32 Å². The van der Waals surface area contributed by atoms with E-state index in [0.29, 0.717) is 6.04 Å². The van der Waals surface area contributed by atoms with Crippen molar-refractivity contribution in [3.63, 3.8) is 0 Å². The highest BCUT2D eigenvalue weighted by atomic mass is 35.5. The average molecular weight is 309 g/mol. The van der Waals surface area contributed by atoms with Crippen molar-refractivity contribution in [2.24, 2.45) is 0 Å². The lowest BCUT2D eigenvalue weighted by Gasteiger charge is -2.15. The zero-order valence-electron chi connectivity index (χ0n) is 10.4. The van der Waals surface area contributed by atoms with Crippen LogP contribution >= 0.6 is 34.3 Å². The largest absolute Gasteiger partial charge is 0.312 e. The molecule has 0 aliphatic rings. The molecule has 1 atom stereocenters. The van der Waals surface area contributed by atoms with Gasteiger partial charge in [0, 0.05) is 32.7 Å². The monoisotopic (exact) mass is 308 g/mol. The first-order valence-corrected chi connectivity index (χ1v) is 8.08. The third-order valence-corrected chi connectivity index (χ3v) is 5.68. The first kappa shape index (κ1) is 13.1. The normalized spacial score (nSPS) is 12.9. The van der Waals surface area contributed by atoms with E-state index < -0.39 is 0 Å². The highest BCUT2D eigenvalue weighted by Crippen LogP contribution is 2.34. The predicted molar refractivity (Wildman–Crippen MR) is 84.5 cm³/mol. The maximum atomic E-state index is 6.19. The lowest BCUT2D eigenvalue weighted by atomic mass is 10.1. The third-order valence-electron chi connectivity index (χ3n) is 3.13. The average Bonchev–Trinajstić information content (AvgIpc) is 2.98. The van der Waals surface area contributed by atoms with Gasteiger partial charge in [-0.1, -0.05) is 11.6 Å². The first-order chi connectivity index (χ1) is 9.28. The number of hydrogen-bond donors (Lipinski definition) is 1. The van der Waals surface area contributed by atoms with Crippen LogP contribution in [-0.2, 0) is 6.42 Å². The van der Waals surface area contributed by atoms with Crippen molar-refractivity contribution in [2.45, 2.75) is 12.5 Å². The second kappa shape index (κ2) is 5.59. The van der Waals surface area contributed by atoms with Gasteiger partial charge in [-0.2, -0.15) is 0 Å². The molecule has 0 radical (unpaired) electrons. The number of aromatic nitrogens is 1. The molecule has 2 nitrogen and oxygen atoms in total. The Kier molecular flexibility index (Phi) is 3.84. The Bertz CT molecular complexity index is 661. The fourth-order valence-corrected chi connectivity index (χ4v) is 4.52. The number of likely N-dealkylation sites (N-methyl/N-ethyl adjacent to an activating group) is 1. The number of nitrogens with zero attached hydrogens (tertiary/aromatic N) is 1. The summed E-state index contributed by atoms with van der Waals surface area (Å²) in [6, 6.07) is 6.74. The van der Waals surface area contributed by atoms with Crippen molar-refractivity contribution >= 4 is 43.7 Å². The van der Waals surface area contributed by atoms with E-state index in [2.05, 4.69) is 27.8 Å². The molecular weight excluding hydrogens is 296 g/mol. The van der Waals surface area contributed by atoms with Gasteiger partial charge in [0.15, 0.2) is 0 Å². The van der Waals surface area contributed by atoms with Crippen molar-refractivity contribution in [2.75, 3.05) is 7.05 Å². The summed E-state index contributed by atoms with van der Waals surface area (Å²) in [5.74, 6) is 0. The summed E-state index contributed by atoms with van der Waals surface area (Å²) in [6.45, 7) is 0. The van der Waals surface area contributed by atoms with Crippen molar-refractivity contribution in [1.29, 1.82) is 0 Å². The van der Waals surface area contributed by atoms with Crippen molar-refractivity contribution in [3.05, 3.63) is 51.4 Å². The minimum absolute atomic E-state index is 0.296. The van der Waals surface area contributed by atoms with Gasteiger partial charge in [-0.05, 0) is 42.6 Å². The topological polar surface area (TPSA) is 24.9 Å². The Morgan fingerprint density at radius 2 is 2.26 bits per heavy atom. The minimum Gasteiger partial charge on any atom is -0.312 e. The van der Waals surface area contributed by atoms with Gasteiger partial charge in [-0.25, -0.2) is 0 Å². The van der Waals surface area contributed by atoms with Crippen LogP contribution in [0, 0.1) is 0 Å². The van der Waals surface area contributed by atoms with E-state index in [0.717, 1.165) is 17.0 Å². The standard InChI is InChI=1S/C14H13ClN2S2/c1-16-11(6-9-2-4-17-8-10(9)15)13-7-14-12(19-13)3-5-18-14/h2-5,7-8,11,16H,6H2,1H3. The fraction of sp³-hybridized carbons (Fsp3) is 0.214. The van der Waals surface area contributed by atoms with Crippen LogP contribution < -0.4 is 5.32 Å². The summed E-state index contributed by atoms with van der Waals surface area (Å²) in [5, 5.41) is 6.26. The quantitative estimate of drug-likeness (QED) is 0.767. The molecule has 3 heterocycles. The highest BCUT2D eigenvalue weighted by molar-refractivity contribution is 7.26. The van der Waals surface area contributed by atoms with E-state index in [4.69, 9.17) is 11.6 Å². The Morgan fingerprint density at radius 1 is 1.37 bits per heavy atom. The van der Waals surface area contributed by atoms with Crippen LogP contribution in [0.15, 0.2) is 36.0 Å². The number of nitrogens with one attached hydrogen (secondary N) is 1. The lowest BCUT2D eigenvalue weighted by Crippen LogP contribution is -2.17. The lowest BCUT2D eigenvalue weighted by molar-refractivity contribution is 0.602. The van der Waals surface area contributed by atoms with E-state index in [-0.39, 0.29) is 0 Å². The van der Waals surface area contributed by atoms with Crippen molar-refractivity contribution in [3.8, 4) is 0 Å². The molecule has 3 aromatic rings. The summed E-state index contributed by atoms with van der Waals surface area (Å²) >= 11 is 9.83. The maximum Gasteiger partial charge on any atom is 0.0622 e. The molecular formula is C14H13ClN2S2. The number of halogens is 1. The molecule has 5 heteroatoms. The second-order valence-corrected chi connectivity index (χ2v) is 6.78. The Balaban J connectivity index is 1.88. The minimum atomic E-state index is 0.296. The van der Waals surface area contributed by atoms with Gasteiger partial charge in [0.25, 0.3) is 0 Å². The molecule has 0 saturated carbocycles. The third kappa shape index (κ3) is 2.67. The molecule has 3 rings (SSSR count). The summed E-state index contributed by atoms with van der Waals surface area (Å²) in [5.41, 5.74) is 1.13. The second-order valence-electron chi connectivity index (χ2n) is 4.31. The van der Waals surface area contributed by atoms with Crippen LogP contribution in [0.25, 0.3) is 9.40 Å². The molecule has 19 heavy (non-hydrogen) atoms. The molecule has 0 spiro atoms. The fourth-order valence-electron chi connectivity index (χ4n) is 2.09. The molecule has 0 amide bonds. The van der Waals surface area contributed by atoms with Gasteiger partial charge in [-0.15, -0.1) is 22.7 Å². The van der Waals surface area contributed by atoms with Crippen LogP contribution in [0.4, 0.5) is 0 Å². The Hall–Kier alpha value is -0.940. The highest BCUT2D eigenvalue weighted by Gasteiger charge is 2.15. The molecule has 1 N–H and O–H groups in total. The van der Waals surface area contributed by atoms with E-state index in [1.807, 2.05) is 24.5 Å². The van der Waals surface area contributed by atoms with Gasteiger partial charge in [0.05, 0.1) is 5.02 Å². The molecule has 0 aliphatic heterocycles. The number of rotatable bonds is 4. The summed E-state index contributed by atoms with van der Waals surface area (Å²) in [7, 11) is 1.99. The maximum absolute atomic E-state index is 6.19. The molecule has 0 fully saturated rings. The Morgan fingerprint density at radius 3 is 3.00 bits per heavy atom. The van der Waals surface area contributed by atoms with Crippen molar-refractivity contribution in [1.82, 2.24) is 10.3 Å². The van der Waals surface area contributed by atoms with Crippen molar-refractivity contribution < 1.29 is 0 Å². The molecule has 0 aliphatic carbocycles. The van der Waals surface area contributed by atoms with Crippen LogP contribution in [0.2, 0.25) is 5.02 Å². The van der Waals surface area contributed by atoms with Gasteiger partial charge in [0.2, 0.25) is 0 Å². The summed E-state index contributed by atoms with van der Waals surface area (Å²) < 4.78 is 2.72. The summed E-state index contributed by atoms with van der Waals surface area (Å²) in [6.07, 6.45) is 4.38. The zero-order chi connectivity index (χ0) is 13.2. The zero-order valence-corrected chi connectivity index (χ0v) is 12.8. The molecule has 3 aromatic heterocycles. The first-order valence-electron chi connectivity index (χ1n) is 6.00. The van der Waals surface area contributed by atoms with E-state index in [1.165, 1.54) is 14.3 Å². The number of fused-ring (bicyclic) bond motifs is 1. The SMILES string of the molecule is CNC(Cc1ccncc1Cl)c1cc2sccc2s1. The molecule has 0 saturated heterocycles. The van der Waals surface area contributed by atoms with Crippen LogP contribution in [0.3, 0.4) is 0 Å². The molecule has 0 bridgehead atoms. The summed E-state index contributed by atoms with van der Waals surface area (Å²) in [4.78, 5) is 5.39. The van der Waals surface area contributed by atoms with Gasteiger partial charge >= 0.3 is 0 Å². The van der Waals surface area contributed by atoms with Gasteiger partial charge in [-0.3, -0.25) is 4.98 Å². The van der Waals surface area contributed by atoms with E-state index in [1.54, 1.807) is 23.7 Å². The van der Waals surface area contributed by atoms with Crippen LogP contribution in [0.1, 0.15) is 16.5 Å². The predicted octanol–water partition coefficient (Wildman–Crippen LogP) is 4.51. The number of hydrogen-bond acceptors (Lipinski definition) is 4. The van der Waals surface area contributed by atoms with Gasteiger partial charge in [0.1, 0.15) is 0 Å². The van der Waals surface area contributed by atoms with Crippen LogP contribution in [-0.4, -0.2) is 12.0 Å². The van der Waals surface area contributed by atoms with E-state index in [9.17, 15) is 0 Å². The molecule has 98 valence electrons. The molecule has 0 aromatic carbocycles. The number of pyridine rings is 1. The number of thiophene rings is 2. The molecule has 1 unspecified atom stereocenters.